The summed E-state index contributed by atoms with van der Waals surface area (Å²) in [5.74, 6) is 2.09. The van der Waals surface area contributed by atoms with Crippen molar-refractivity contribution >= 4 is 29.0 Å². The molecule has 5 heteroatoms. The topological polar surface area (TPSA) is 34.1 Å². The summed E-state index contributed by atoms with van der Waals surface area (Å²) in [4.78, 5) is 4.22. The quantitative estimate of drug-likeness (QED) is 0.814. The number of hydrogen-bond donors (Lipinski definition) is 1. The molecule has 1 N–H and O–H groups in total. The molecule has 0 fully saturated rings. The molecule has 1 aromatic rings. The Bertz CT molecular complexity index is 316. The molecule has 84 valence electrons. The number of halogens is 2. The van der Waals surface area contributed by atoms with E-state index in [0.717, 1.165) is 0 Å². The Hall–Kier alpha value is -0.670. The minimum Gasteiger partial charge on any atom is -0.481 e. The van der Waals surface area contributed by atoms with Crippen molar-refractivity contribution in [2.24, 2.45) is 0 Å². The number of ether oxygens (including phenoxy) is 1. The van der Waals surface area contributed by atoms with Crippen molar-refractivity contribution in [3.63, 3.8) is 0 Å². The summed E-state index contributed by atoms with van der Waals surface area (Å²) in [6.07, 6.45) is 0. The van der Waals surface area contributed by atoms with E-state index in [4.69, 9.17) is 27.9 Å². The molecule has 15 heavy (non-hydrogen) atoms. The maximum atomic E-state index is 5.83. The molecule has 0 aliphatic rings. The zero-order chi connectivity index (χ0) is 11.3. The maximum Gasteiger partial charge on any atom is 0.214 e. The average Bonchev–Trinajstić information content (AvgIpc) is 2.29. The minimum atomic E-state index is -0.359. The molecule has 3 nitrogen and oxygen atoms in total. The van der Waals surface area contributed by atoms with E-state index in [1.54, 1.807) is 13.2 Å². The summed E-state index contributed by atoms with van der Waals surface area (Å²) in [6, 6.07) is 5.49. The zero-order valence-electron chi connectivity index (χ0n) is 8.76. The van der Waals surface area contributed by atoms with Crippen LogP contribution < -0.4 is 10.1 Å². The number of aromatic nitrogens is 1. The van der Waals surface area contributed by atoms with Crippen LogP contribution in [0.3, 0.4) is 0 Å². The van der Waals surface area contributed by atoms with Gasteiger partial charge in [0.15, 0.2) is 0 Å². The Kier molecular flexibility index (Phi) is 4.48. The van der Waals surface area contributed by atoms with Crippen LogP contribution in [-0.2, 0) is 0 Å². The Balaban J connectivity index is 2.79. The van der Waals surface area contributed by atoms with Crippen molar-refractivity contribution in [2.75, 3.05) is 24.2 Å². The lowest BCUT2D eigenvalue weighted by Gasteiger charge is -2.26. The highest BCUT2D eigenvalue weighted by molar-refractivity contribution is 6.22. The van der Waals surface area contributed by atoms with Crippen molar-refractivity contribution < 1.29 is 4.74 Å². The summed E-state index contributed by atoms with van der Waals surface area (Å²) in [6.45, 7) is 1.94. The van der Waals surface area contributed by atoms with E-state index < -0.39 is 0 Å². The summed E-state index contributed by atoms with van der Waals surface area (Å²) in [7, 11) is 1.58. The molecular formula is C10H14Cl2N2O. The fraction of sp³-hybridized carbons (Fsp3) is 0.500. The SMILES string of the molecule is COc1cccc(NC(C)(CCl)CCl)n1. The number of hydrogen-bond acceptors (Lipinski definition) is 3. The second kappa shape index (κ2) is 5.42. The number of methoxy groups -OCH3 is 1. The Labute approximate surface area is 99.7 Å². The van der Waals surface area contributed by atoms with Crippen molar-refractivity contribution in [3.8, 4) is 5.88 Å². The third-order valence-electron chi connectivity index (χ3n) is 1.95. The molecular weight excluding hydrogens is 235 g/mol. The van der Waals surface area contributed by atoms with Gasteiger partial charge in [-0.2, -0.15) is 4.98 Å². The van der Waals surface area contributed by atoms with E-state index in [1.165, 1.54) is 0 Å². The summed E-state index contributed by atoms with van der Waals surface area (Å²) in [5.41, 5.74) is -0.359. The summed E-state index contributed by atoms with van der Waals surface area (Å²) >= 11 is 11.7. The van der Waals surface area contributed by atoms with E-state index in [2.05, 4.69) is 10.3 Å². The van der Waals surface area contributed by atoms with Crippen LogP contribution in [0.1, 0.15) is 6.92 Å². The summed E-state index contributed by atoms with van der Waals surface area (Å²) in [5, 5.41) is 3.17. The molecule has 1 aromatic heterocycles. The molecule has 0 aromatic carbocycles. The van der Waals surface area contributed by atoms with Crippen molar-refractivity contribution in [3.05, 3.63) is 18.2 Å². The van der Waals surface area contributed by atoms with E-state index in [1.807, 2.05) is 19.1 Å². The van der Waals surface area contributed by atoms with Gasteiger partial charge in [-0.05, 0) is 13.0 Å². The molecule has 0 aliphatic heterocycles. The van der Waals surface area contributed by atoms with E-state index in [0.29, 0.717) is 23.5 Å². The lowest BCUT2D eigenvalue weighted by Crippen LogP contribution is -2.39. The van der Waals surface area contributed by atoms with Gasteiger partial charge in [-0.3, -0.25) is 0 Å². The lowest BCUT2D eigenvalue weighted by atomic mass is 10.1. The first-order chi connectivity index (χ1) is 7.13. The molecule has 1 heterocycles. The predicted octanol–water partition coefficient (Wildman–Crippen LogP) is 2.74. The molecule has 0 saturated heterocycles. The molecule has 0 unspecified atom stereocenters. The molecule has 0 bridgehead atoms. The molecule has 1 rings (SSSR count). The van der Waals surface area contributed by atoms with Gasteiger partial charge in [0.25, 0.3) is 0 Å². The Morgan fingerprint density at radius 3 is 2.60 bits per heavy atom. The van der Waals surface area contributed by atoms with E-state index in [-0.39, 0.29) is 5.54 Å². The molecule has 0 aliphatic carbocycles. The van der Waals surface area contributed by atoms with Crippen LogP contribution in [0, 0.1) is 0 Å². The van der Waals surface area contributed by atoms with E-state index in [9.17, 15) is 0 Å². The first-order valence-corrected chi connectivity index (χ1v) is 5.61. The van der Waals surface area contributed by atoms with Crippen molar-refractivity contribution in [2.45, 2.75) is 12.5 Å². The fourth-order valence-corrected chi connectivity index (χ4v) is 1.43. The van der Waals surface area contributed by atoms with Gasteiger partial charge in [-0.1, -0.05) is 6.07 Å². The Morgan fingerprint density at radius 1 is 1.40 bits per heavy atom. The fourth-order valence-electron chi connectivity index (χ4n) is 1.01. The van der Waals surface area contributed by atoms with Gasteiger partial charge in [-0.25, -0.2) is 0 Å². The monoisotopic (exact) mass is 248 g/mol. The third-order valence-corrected chi connectivity index (χ3v) is 3.13. The third kappa shape index (κ3) is 3.43. The Morgan fingerprint density at radius 2 is 2.07 bits per heavy atom. The number of rotatable bonds is 5. The molecule has 0 spiro atoms. The van der Waals surface area contributed by atoms with Crippen LogP contribution in [-0.4, -0.2) is 29.4 Å². The standard InChI is InChI=1S/C10H14Cl2N2O/c1-10(6-11,7-12)14-8-4-3-5-9(13-8)15-2/h3-5H,6-7H2,1-2H3,(H,13,14). The van der Waals surface area contributed by atoms with Crippen molar-refractivity contribution in [1.29, 1.82) is 0 Å². The predicted molar refractivity (Wildman–Crippen MR) is 64.3 cm³/mol. The van der Waals surface area contributed by atoms with Gasteiger partial charge in [0, 0.05) is 17.8 Å². The van der Waals surface area contributed by atoms with Gasteiger partial charge < -0.3 is 10.1 Å². The second-order valence-electron chi connectivity index (χ2n) is 3.52. The van der Waals surface area contributed by atoms with Gasteiger partial charge >= 0.3 is 0 Å². The number of nitrogens with one attached hydrogen (secondary N) is 1. The molecule has 0 radical (unpaired) electrons. The molecule has 0 saturated carbocycles. The first-order valence-electron chi connectivity index (χ1n) is 4.55. The van der Waals surface area contributed by atoms with Gasteiger partial charge in [0.1, 0.15) is 5.82 Å². The highest BCUT2D eigenvalue weighted by Gasteiger charge is 2.22. The number of alkyl halides is 2. The maximum absolute atomic E-state index is 5.83. The van der Waals surface area contributed by atoms with Gasteiger partial charge in [0.05, 0.1) is 12.6 Å². The van der Waals surface area contributed by atoms with Crippen LogP contribution in [0.4, 0.5) is 5.82 Å². The highest BCUT2D eigenvalue weighted by Crippen LogP contribution is 2.18. The van der Waals surface area contributed by atoms with Crippen LogP contribution in [0.25, 0.3) is 0 Å². The number of anilines is 1. The average molecular weight is 249 g/mol. The van der Waals surface area contributed by atoms with Gasteiger partial charge in [-0.15, -0.1) is 23.2 Å². The highest BCUT2D eigenvalue weighted by atomic mass is 35.5. The smallest absolute Gasteiger partial charge is 0.214 e. The normalized spacial score (nSPS) is 11.2. The lowest BCUT2D eigenvalue weighted by molar-refractivity contribution is 0.398. The van der Waals surface area contributed by atoms with E-state index >= 15 is 0 Å². The van der Waals surface area contributed by atoms with Crippen LogP contribution in [0.5, 0.6) is 5.88 Å². The van der Waals surface area contributed by atoms with Crippen LogP contribution >= 0.6 is 23.2 Å². The van der Waals surface area contributed by atoms with Crippen LogP contribution in [0.15, 0.2) is 18.2 Å². The van der Waals surface area contributed by atoms with Crippen molar-refractivity contribution in [1.82, 2.24) is 4.98 Å². The van der Waals surface area contributed by atoms with Crippen LogP contribution in [0.2, 0.25) is 0 Å². The minimum absolute atomic E-state index is 0.359. The largest absolute Gasteiger partial charge is 0.481 e. The summed E-state index contributed by atoms with van der Waals surface area (Å²) < 4.78 is 5.02. The molecule has 0 atom stereocenters. The number of pyridine rings is 1. The molecule has 0 amide bonds. The first kappa shape index (κ1) is 12.4. The van der Waals surface area contributed by atoms with Gasteiger partial charge in [0.2, 0.25) is 5.88 Å². The zero-order valence-corrected chi connectivity index (χ0v) is 10.3. The second-order valence-corrected chi connectivity index (χ2v) is 4.05. The number of nitrogens with zero attached hydrogens (tertiary/aromatic N) is 1.